The molecule has 0 aliphatic carbocycles. The number of hydrogen-bond acceptors (Lipinski definition) is 3. The number of hydrogen-bond donors (Lipinski definition) is 1. The summed E-state index contributed by atoms with van der Waals surface area (Å²) in [6.45, 7) is 5.80. The molecule has 0 bridgehead atoms. The van der Waals surface area contributed by atoms with Crippen LogP contribution in [0, 0.1) is 0 Å². The molecule has 0 atom stereocenters. The van der Waals surface area contributed by atoms with Crippen molar-refractivity contribution in [3.63, 3.8) is 0 Å². The largest absolute Gasteiger partial charge is 0.389 e. The average Bonchev–Trinajstić information content (AvgIpc) is 2.28. The first-order valence-corrected chi connectivity index (χ1v) is 8.05. The Morgan fingerprint density at radius 1 is 1.47 bits per heavy atom. The van der Waals surface area contributed by atoms with Crippen molar-refractivity contribution in [1.82, 2.24) is 4.31 Å². The molecule has 0 aliphatic heterocycles. The van der Waals surface area contributed by atoms with E-state index in [1.54, 1.807) is 13.0 Å². The van der Waals surface area contributed by atoms with Crippen LogP contribution in [-0.4, -0.2) is 30.3 Å². The van der Waals surface area contributed by atoms with Crippen molar-refractivity contribution < 1.29 is 8.42 Å². The summed E-state index contributed by atoms with van der Waals surface area (Å²) in [4.78, 5) is 0.256. The van der Waals surface area contributed by atoms with Crippen LogP contribution in [0.5, 0.6) is 0 Å². The lowest BCUT2D eigenvalue weighted by molar-refractivity contribution is 0.369. The summed E-state index contributed by atoms with van der Waals surface area (Å²) in [6.07, 6.45) is 0. The minimum atomic E-state index is -3.61. The van der Waals surface area contributed by atoms with Gasteiger partial charge in [-0.1, -0.05) is 36.8 Å². The SMILES string of the molecule is CCN(C(C)C)S(=O)(=O)c1ccc(C(N)=S)cc1Cl. The topological polar surface area (TPSA) is 63.4 Å². The molecule has 0 saturated heterocycles. The summed E-state index contributed by atoms with van der Waals surface area (Å²) in [6, 6.07) is 4.35. The summed E-state index contributed by atoms with van der Waals surface area (Å²) < 4.78 is 26.4. The highest BCUT2D eigenvalue weighted by molar-refractivity contribution is 7.89. The highest BCUT2D eigenvalue weighted by Gasteiger charge is 2.27. The van der Waals surface area contributed by atoms with Gasteiger partial charge >= 0.3 is 0 Å². The molecule has 0 radical (unpaired) electrons. The third kappa shape index (κ3) is 3.45. The fraction of sp³-hybridized carbons (Fsp3) is 0.417. The number of nitrogens with two attached hydrogens (primary N) is 1. The summed E-state index contributed by atoms with van der Waals surface area (Å²) in [5.41, 5.74) is 6.04. The molecular formula is C12H17ClN2O2S2. The van der Waals surface area contributed by atoms with Gasteiger partial charge in [0.15, 0.2) is 0 Å². The molecule has 2 N–H and O–H groups in total. The average molecular weight is 321 g/mol. The van der Waals surface area contributed by atoms with E-state index in [1.165, 1.54) is 16.4 Å². The Hall–Kier alpha value is -0.690. The van der Waals surface area contributed by atoms with Crippen LogP contribution in [0.2, 0.25) is 5.02 Å². The molecule has 7 heteroatoms. The van der Waals surface area contributed by atoms with Crippen LogP contribution >= 0.6 is 23.8 Å². The molecule has 0 amide bonds. The predicted octanol–water partition coefficient (Wildman–Crippen LogP) is 2.39. The zero-order valence-corrected chi connectivity index (χ0v) is 13.4. The lowest BCUT2D eigenvalue weighted by Crippen LogP contribution is -2.36. The van der Waals surface area contributed by atoms with Gasteiger partial charge in [0.1, 0.15) is 9.88 Å². The Labute approximate surface area is 124 Å². The summed E-state index contributed by atoms with van der Waals surface area (Å²) in [5, 5.41) is 0.129. The minimum Gasteiger partial charge on any atom is -0.389 e. The smallest absolute Gasteiger partial charge is 0.244 e. The summed E-state index contributed by atoms with van der Waals surface area (Å²) in [5.74, 6) is 0. The van der Waals surface area contributed by atoms with E-state index >= 15 is 0 Å². The highest BCUT2D eigenvalue weighted by atomic mass is 35.5. The molecule has 0 spiro atoms. The van der Waals surface area contributed by atoms with Crippen molar-refractivity contribution in [2.45, 2.75) is 31.7 Å². The molecule has 0 unspecified atom stereocenters. The van der Waals surface area contributed by atoms with Crippen molar-refractivity contribution in [2.75, 3.05) is 6.54 Å². The van der Waals surface area contributed by atoms with Crippen molar-refractivity contribution in [2.24, 2.45) is 5.73 Å². The van der Waals surface area contributed by atoms with E-state index in [1.807, 2.05) is 13.8 Å². The normalized spacial score (nSPS) is 12.1. The van der Waals surface area contributed by atoms with Crippen LogP contribution in [0.3, 0.4) is 0 Å². The maximum Gasteiger partial charge on any atom is 0.244 e. The molecule has 0 heterocycles. The number of nitrogens with zero attached hydrogens (tertiary/aromatic N) is 1. The van der Waals surface area contributed by atoms with E-state index in [0.717, 1.165) is 0 Å². The lowest BCUT2D eigenvalue weighted by atomic mass is 10.2. The second-order valence-electron chi connectivity index (χ2n) is 4.31. The van der Waals surface area contributed by atoms with Gasteiger partial charge in [0.25, 0.3) is 0 Å². The molecule has 0 aliphatic rings. The number of sulfonamides is 1. The molecule has 1 rings (SSSR count). The van der Waals surface area contributed by atoms with Crippen molar-refractivity contribution >= 4 is 38.8 Å². The van der Waals surface area contributed by atoms with Crippen LogP contribution in [-0.2, 0) is 10.0 Å². The van der Waals surface area contributed by atoms with Crippen molar-refractivity contribution in [3.05, 3.63) is 28.8 Å². The zero-order valence-electron chi connectivity index (χ0n) is 11.1. The standard InChI is InChI=1S/C12H17ClN2O2S2/c1-4-15(8(2)3)19(16,17)11-6-5-9(12(14)18)7-10(11)13/h5-8H,4H2,1-3H3,(H2,14,18). The first kappa shape index (κ1) is 16.4. The molecular weight excluding hydrogens is 304 g/mol. The fourth-order valence-electron chi connectivity index (χ4n) is 1.80. The minimum absolute atomic E-state index is 0.0738. The van der Waals surface area contributed by atoms with Gasteiger partial charge in [-0.25, -0.2) is 8.42 Å². The molecule has 1 aromatic rings. The molecule has 106 valence electrons. The van der Waals surface area contributed by atoms with Crippen LogP contribution in [0.25, 0.3) is 0 Å². The second-order valence-corrected chi connectivity index (χ2v) is 7.02. The van der Waals surface area contributed by atoms with Crippen LogP contribution in [0.15, 0.2) is 23.1 Å². The van der Waals surface area contributed by atoms with Gasteiger partial charge in [-0.05, 0) is 26.0 Å². The number of halogens is 1. The number of thiocarbonyl (C=S) groups is 1. The molecule has 19 heavy (non-hydrogen) atoms. The van der Waals surface area contributed by atoms with E-state index in [9.17, 15) is 8.42 Å². The van der Waals surface area contributed by atoms with Crippen LogP contribution in [0.1, 0.15) is 26.3 Å². The summed E-state index contributed by atoms with van der Waals surface area (Å²) >= 11 is 10.9. The van der Waals surface area contributed by atoms with Gasteiger partial charge in [0.05, 0.1) is 5.02 Å². The van der Waals surface area contributed by atoms with Gasteiger partial charge in [-0.15, -0.1) is 0 Å². The molecule has 0 aromatic heterocycles. The monoisotopic (exact) mass is 320 g/mol. The van der Waals surface area contributed by atoms with Gasteiger partial charge in [0.2, 0.25) is 10.0 Å². The van der Waals surface area contributed by atoms with Crippen molar-refractivity contribution in [1.29, 1.82) is 0 Å². The van der Waals surface area contributed by atoms with E-state index in [2.05, 4.69) is 0 Å². The summed E-state index contributed by atoms with van der Waals surface area (Å²) in [7, 11) is -3.61. The van der Waals surface area contributed by atoms with Gasteiger partial charge in [-0.3, -0.25) is 0 Å². The fourth-order valence-corrected chi connectivity index (χ4v) is 4.10. The van der Waals surface area contributed by atoms with Gasteiger partial charge < -0.3 is 5.73 Å². The third-order valence-electron chi connectivity index (χ3n) is 2.69. The van der Waals surface area contributed by atoms with Gasteiger partial charge in [0, 0.05) is 18.2 Å². The Morgan fingerprint density at radius 2 is 2.05 bits per heavy atom. The zero-order chi connectivity index (χ0) is 14.8. The first-order chi connectivity index (χ1) is 8.71. The molecule has 4 nitrogen and oxygen atoms in total. The second kappa shape index (κ2) is 6.17. The van der Waals surface area contributed by atoms with E-state index in [4.69, 9.17) is 29.6 Å². The van der Waals surface area contributed by atoms with E-state index in [-0.39, 0.29) is 20.9 Å². The Bertz CT molecular complexity index is 585. The molecule has 0 saturated carbocycles. The Kier molecular flexibility index (Phi) is 5.32. The Balaban J connectivity index is 3.33. The third-order valence-corrected chi connectivity index (χ3v) is 5.56. The first-order valence-electron chi connectivity index (χ1n) is 5.83. The predicted molar refractivity (Wildman–Crippen MR) is 82.0 cm³/mol. The lowest BCUT2D eigenvalue weighted by Gasteiger charge is -2.24. The van der Waals surface area contributed by atoms with Gasteiger partial charge in [-0.2, -0.15) is 4.31 Å². The quantitative estimate of drug-likeness (QED) is 0.846. The maximum absolute atomic E-state index is 12.5. The van der Waals surface area contributed by atoms with Crippen LogP contribution < -0.4 is 5.73 Å². The maximum atomic E-state index is 12.5. The highest BCUT2D eigenvalue weighted by Crippen LogP contribution is 2.26. The molecule has 0 fully saturated rings. The Morgan fingerprint density at radius 3 is 2.42 bits per heavy atom. The van der Waals surface area contributed by atoms with E-state index < -0.39 is 10.0 Å². The molecule has 1 aromatic carbocycles. The van der Waals surface area contributed by atoms with Crippen molar-refractivity contribution in [3.8, 4) is 0 Å². The van der Waals surface area contributed by atoms with Crippen LogP contribution in [0.4, 0.5) is 0 Å². The number of benzene rings is 1. The van der Waals surface area contributed by atoms with E-state index in [0.29, 0.717) is 12.1 Å². The number of rotatable bonds is 5.